The highest BCUT2D eigenvalue weighted by molar-refractivity contribution is 6.13. The Bertz CT molecular complexity index is 3180. The van der Waals surface area contributed by atoms with Crippen LogP contribution in [0.5, 0.6) is 0 Å². The molecule has 10 aromatic rings. The topological polar surface area (TPSA) is 35.6 Å². The molecule has 0 spiro atoms. The van der Waals surface area contributed by atoms with Crippen molar-refractivity contribution in [3.05, 3.63) is 206 Å². The minimum atomic E-state index is 0.712. The van der Waals surface area contributed by atoms with Crippen LogP contribution in [0, 0.1) is 0 Å². The fourth-order valence-electron chi connectivity index (χ4n) is 8.44. The van der Waals surface area contributed by atoms with Crippen LogP contribution in [0.1, 0.15) is 6.42 Å². The van der Waals surface area contributed by atoms with Crippen LogP contribution in [0.15, 0.2) is 206 Å². The monoisotopic (exact) mass is 728 g/mol. The molecule has 0 amide bonds. The van der Waals surface area contributed by atoms with Gasteiger partial charge in [0.15, 0.2) is 5.82 Å². The molecular formula is C53H36N4. The zero-order valence-electron chi connectivity index (χ0n) is 31.1. The molecular weight excluding hydrogens is 693 g/mol. The number of hydrogen-bond acceptors (Lipinski definition) is 2. The molecule has 4 nitrogen and oxygen atoms in total. The molecule has 0 N–H and O–H groups in total. The molecule has 0 atom stereocenters. The van der Waals surface area contributed by atoms with Crippen LogP contribution in [0.2, 0.25) is 0 Å². The Morgan fingerprint density at radius 1 is 0.386 bits per heavy atom. The van der Waals surface area contributed by atoms with Crippen LogP contribution >= 0.6 is 0 Å². The molecule has 0 aliphatic heterocycles. The van der Waals surface area contributed by atoms with Gasteiger partial charge in [-0.1, -0.05) is 152 Å². The first kappa shape index (κ1) is 32.8. The summed E-state index contributed by atoms with van der Waals surface area (Å²) in [4.78, 5) is 10.1. The van der Waals surface area contributed by atoms with E-state index in [1.54, 1.807) is 0 Å². The van der Waals surface area contributed by atoms with E-state index >= 15 is 0 Å². The molecule has 0 radical (unpaired) electrons. The third kappa shape index (κ3) is 5.70. The average Bonchev–Trinajstić information content (AvgIpc) is 3.64. The van der Waals surface area contributed by atoms with E-state index in [1.165, 1.54) is 60.4 Å². The number of rotatable bonds is 6. The Morgan fingerprint density at radius 3 is 1.70 bits per heavy atom. The highest BCUT2D eigenvalue weighted by Gasteiger charge is 2.17. The van der Waals surface area contributed by atoms with Gasteiger partial charge in [-0.05, 0) is 72.2 Å². The molecule has 7 aromatic carbocycles. The average molecular weight is 729 g/mol. The molecule has 1 aliphatic carbocycles. The van der Waals surface area contributed by atoms with Crippen molar-refractivity contribution >= 4 is 49.3 Å². The lowest BCUT2D eigenvalue weighted by molar-refractivity contribution is 1.17. The Morgan fingerprint density at radius 2 is 0.947 bits per heavy atom. The standard InChI is InChI=1S/C53H36N4/c1-2-10-20-41(19-9-1)56-50-24-14-12-22-44(50)46-33-39(28-32-51(46)56)40-27-31-45-43-21-11-13-23-49(43)57(52(45)34-40)42-29-25-37(26-30-42)48-35-47(36-15-5-3-6-16-36)54-53(55-48)38-17-7-4-8-18-38/h1-9,11-35H,10H2. The van der Waals surface area contributed by atoms with E-state index in [9.17, 15) is 0 Å². The Balaban J connectivity index is 1.03. The van der Waals surface area contributed by atoms with Crippen molar-refractivity contribution in [2.75, 3.05) is 0 Å². The zero-order chi connectivity index (χ0) is 37.7. The summed E-state index contributed by atoms with van der Waals surface area (Å²) < 4.78 is 4.79. The van der Waals surface area contributed by atoms with Gasteiger partial charge in [-0.2, -0.15) is 0 Å². The number of aromatic nitrogens is 4. The lowest BCUT2D eigenvalue weighted by Crippen LogP contribution is -1.97. The number of benzene rings is 7. The lowest BCUT2D eigenvalue weighted by atomic mass is 10.0. The van der Waals surface area contributed by atoms with Crippen molar-refractivity contribution in [3.63, 3.8) is 0 Å². The van der Waals surface area contributed by atoms with Gasteiger partial charge in [-0.25, -0.2) is 9.97 Å². The lowest BCUT2D eigenvalue weighted by Gasteiger charge is -2.12. The molecule has 0 saturated carbocycles. The first-order valence-corrected chi connectivity index (χ1v) is 19.5. The van der Waals surface area contributed by atoms with E-state index in [-0.39, 0.29) is 0 Å². The maximum absolute atomic E-state index is 5.08. The molecule has 4 heteroatoms. The summed E-state index contributed by atoms with van der Waals surface area (Å²) in [5.41, 5.74) is 14.3. The molecule has 57 heavy (non-hydrogen) atoms. The summed E-state index contributed by atoms with van der Waals surface area (Å²) in [5.74, 6) is 0.712. The van der Waals surface area contributed by atoms with Crippen LogP contribution < -0.4 is 0 Å². The Hall–Kier alpha value is -7.56. The quantitative estimate of drug-likeness (QED) is 0.171. The predicted molar refractivity (Wildman–Crippen MR) is 238 cm³/mol. The number of hydrogen-bond donors (Lipinski definition) is 0. The summed E-state index contributed by atoms with van der Waals surface area (Å²) in [7, 11) is 0. The summed E-state index contributed by atoms with van der Waals surface area (Å²) in [6.07, 6.45) is 11.9. The van der Waals surface area contributed by atoms with E-state index in [1.807, 2.05) is 24.3 Å². The summed E-state index contributed by atoms with van der Waals surface area (Å²) in [6.45, 7) is 0. The smallest absolute Gasteiger partial charge is 0.160 e. The summed E-state index contributed by atoms with van der Waals surface area (Å²) >= 11 is 0. The van der Waals surface area contributed by atoms with Gasteiger partial charge in [0.1, 0.15) is 0 Å². The highest BCUT2D eigenvalue weighted by atomic mass is 15.0. The Kier molecular flexibility index (Phi) is 7.85. The zero-order valence-corrected chi connectivity index (χ0v) is 31.1. The van der Waals surface area contributed by atoms with Gasteiger partial charge in [0, 0.05) is 49.6 Å². The first-order chi connectivity index (χ1) is 28.3. The van der Waals surface area contributed by atoms with Crippen LogP contribution in [-0.4, -0.2) is 19.1 Å². The molecule has 1 aliphatic rings. The number of allylic oxidation sites excluding steroid dienone is 6. The normalized spacial score (nSPS) is 12.8. The van der Waals surface area contributed by atoms with Gasteiger partial charge in [0.05, 0.1) is 33.5 Å². The largest absolute Gasteiger partial charge is 0.310 e. The van der Waals surface area contributed by atoms with Gasteiger partial charge in [-0.3, -0.25) is 0 Å². The van der Waals surface area contributed by atoms with E-state index < -0.39 is 0 Å². The molecule has 0 bridgehead atoms. The van der Waals surface area contributed by atoms with E-state index in [2.05, 4.69) is 191 Å². The first-order valence-electron chi connectivity index (χ1n) is 19.5. The second-order valence-electron chi connectivity index (χ2n) is 14.6. The molecule has 0 saturated heterocycles. The van der Waals surface area contributed by atoms with Gasteiger partial charge in [0.2, 0.25) is 0 Å². The van der Waals surface area contributed by atoms with E-state index in [0.29, 0.717) is 5.82 Å². The number of para-hydroxylation sites is 2. The third-order valence-electron chi connectivity index (χ3n) is 11.2. The van der Waals surface area contributed by atoms with E-state index in [0.717, 1.165) is 40.2 Å². The second kappa shape index (κ2) is 13.6. The number of nitrogens with zero attached hydrogens (tertiary/aromatic N) is 4. The molecule has 11 rings (SSSR count). The van der Waals surface area contributed by atoms with Gasteiger partial charge < -0.3 is 9.13 Å². The van der Waals surface area contributed by atoms with Crippen LogP contribution in [0.25, 0.3) is 100 Å². The highest BCUT2D eigenvalue weighted by Crippen LogP contribution is 2.39. The van der Waals surface area contributed by atoms with Crippen LogP contribution in [0.4, 0.5) is 0 Å². The molecule has 0 fully saturated rings. The SMILES string of the molecule is C1=CCC=C(n2c3ccccc3c3cc(-c4ccc5c6ccccc6n(-c6ccc(-c7cc(-c8ccccc8)nc(-c8ccccc8)n7)cc6)c5c4)ccc32)C=C1. The van der Waals surface area contributed by atoms with Crippen molar-refractivity contribution in [2.45, 2.75) is 6.42 Å². The van der Waals surface area contributed by atoms with Crippen molar-refractivity contribution in [1.82, 2.24) is 19.1 Å². The molecule has 3 heterocycles. The van der Waals surface area contributed by atoms with Gasteiger partial charge in [-0.15, -0.1) is 0 Å². The van der Waals surface area contributed by atoms with Gasteiger partial charge in [0.25, 0.3) is 0 Å². The maximum atomic E-state index is 5.08. The minimum Gasteiger partial charge on any atom is -0.310 e. The second-order valence-corrected chi connectivity index (χ2v) is 14.6. The fraction of sp³-hybridized carbons (Fsp3) is 0.0189. The van der Waals surface area contributed by atoms with Gasteiger partial charge >= 0.3 is 0 Å². The summed E-state index contributed by atoms with van der Waals surface area (Å²) in [6, 6.07) is 62.7. The molecule has 3 aromatic heterocycles. The minimum absolute atomic E-state index is 0.712. The van der Waals surface area contributed by atoms with Crippen molar-refractivity contribution in [1.29, 1.82) is 0 Å². The summed E-state index contributed by atoms with van der Waals surface area (Å²) in [5, 5.41) is 4.97. The number of fused-ring (bicyclic) bond motifs is 6. The van der Waals surface area contributed by atoms with Crippen molar-refractivity contribution in [3.8, 4) is 50.7 Å². The maximum Gasteiger partial charge on any atom is 0.160 e. The van der Waals surface area contributed by atoms with E-state index in [4.69, 9.17) is 9.97 Å². The fourth-order valence-corrected chi connectivity index (χ4v) is 8.44. The van der Waals surface area contributed by atoms with Crippen molar-refractivity contribution in [2.24, 2.45) is 0 Å². The third-order valence-corrected chi connectivity index (χ3v) is 11.2. The van der Waals surface area contributed by atoms with Crippen molar-refractivity contribution < 1.29 is 0 Å². The predicted octanol–water partition coefficient (Wildman–Crippen LogP) is 13.7. The Labute approximate surface area is 330 Å². The van der Waals surface area contributed by atoms with Crippen LogP contribution in [0.3, 0.4) is 0 Å². The molecule has 268 valence electrons. The molecule has 0 unspecified atom stereocenters. The van der Waals surface area contributed by atoms with Crippen LogP contribution in [-0.2, 0) is 0 Å².